The minimum atomic E-state index is 0.521. The second-order valence-electron chi connectivity index (χ2n) is 2.86. The Morgan fingerprint density at radius 2 is 2.21 bits per heavy atom. The lowest BCUT2D eigenvalue weighted by atomic mass is 10.2. The first kappa shape index (κ1) is 8.96. The van der Waals surface area contributed by atoms with E-state index in [0.29, 0.717) is 16.5 Å². The summed E-state index contributed by atoms with van der Waals surface area (Å²) in [6.07, 6.45) is 0. The molecule has 0 aliphatic carbocycles. The molecule has 0 unspecified atom stereocenters. The highest BCUT2D eigenvalue weighted by molar-refractivity contribution is 6.33. The van der Waals surface area contributed by atoms with E-state index in [1.54, 1.807) is 23.9 Å². The fraction of sp³-hybridized carbons (Fsp3) is 0.125. The lowest BCUT2D eigenvalue weighted by Crippen LogP contribution is -1.95. The quantitative estimate of drug-likeness (QED) is 0.715. The summed E-state index contributed by atoms with van der Waals surface area (Å²) in [5, 5.41) is 11.7. The van der Waals surface area contributed by atoms with Gasteiger partial charge in [0.1, 0.15) is 0 Å². The van der Waals surface area contributed by atoms with E-state index < -0.39 is 0 Å². The van der Waals surface area contributed by atoms with Crippen molar-refractivity contribution >= 4 is 17.3 Å². The summed E-state index contributed by atoms with van der Waals surface area (Å²) in [6.45, 7) is 0. The van der Waals surface area contributed by atoms with E-state index in [9.17, 15) is 0 Å². The van der Waals surface area contributed by atoms with Gasteiger partial charge in [0.15, 0.2) is 5.82 Å². The molecule has 0 amide bonds. The Labute approximate surface area is 85.5 Å². The van der Waals surface area contributed by atoms with E-state index >= 15 is 0 Å². The van der Waals surface area contributed by atoms with Gasteiger partial charge in [-0.15, -0.1) is 5.10 Å². The molecule has 72 valence electrons. The molecule has 5 nitrogen and oxygen atoms in total. The number of benzene rings is 1. The molecule has 0 spiro atoms. The molecule has 0 bridgehead atoms. The molecule has 2 aromatic rings. The van der Waals surface area contributed by atoms with Crippen LogP contribution in [-0.4, -0.2) is 20.2 Å². The molecule has 0 aliphatic rings. The smallest absolute Gasteiger partial charge is 0.181 e. The minimum absolute atomic E-state index is 0.521. The fourth-order valence-electron chi connectivity index (χ4n) is 1.16. The van der Waals surface area contributed by atoms with Gasteiger partial charge in [0.25, 0.3) is 0 Å². The van der Waals surface area contributed by atoms with Crippen LogP contribution < -0.4 is 5.73 Å². The van der Waals surface area contributed by atoms with Crippen molar-refractivity contribution in [1.29, 1.82) is 0 Å². The summed E-state index contributed by atoms with van der Waals surface area (Å²) in [6, 6.07) is 5.29. The third-order valence-electron chi connectivity index (χ3n) is 1.87. The summed E-state index contributed by atoms with van der Waals surface area (Å²) in [5.41, 5.74) is 7.03. The van der Waals surface area contributed by atoms with Crippen LogP contribution in [0.1, 0.15) is 0 Å². The van der Waals surface area contributed by atoms with Gasteiger partial charge in [0.2, 0.25) is 0 Å². The van der Waals surface area contributed by atoms with Crippen molar-refractivity contribution < 1.29 is 0 Å². The van der Waals surface area contributed by atoms with Crippen LogP contribution in [0.15, 0.2) is 18.2 Å². The number of hydrogen-bond donors (Lipinski definition) is 1. The third kappa shape index (κ3) is 1.42. The topological polar surface area (TPSA) is 69.6 Å². The zero-order valence-corrected chi connectivity index (χ0v) is 8.23. The van der Waals surface area contributed by atoms with Crippen LogP contribution in [0.2, 0.25) is 5.02 Å². The Bertz CT molecular complexity index is 465. The van der Waals surface area contributed by atoms with Gasteiger partial charge in [-0.1, -0.05) is 11.6 Å². The number of nitrogens with zero attached hydrogens (tertiary/aromatic N) is 4. The Balaban J connectivity index is 2.53. The van der Waals surface area contributed by atoms with Crippen molar-refractivity contribution in [1.82, 2.24) is 20.2 Å². The van der Waals surface area contributed by atoms with Crippen LogP contribution in [0.5, 0.6) is 0 Å². The molecule has 1 heterocycles. The van der Waals surface area contributed by atoms with Gasteiger partial charge in [0.05, 0.1) is 10.7 Å². The number of anilines is 1. The first-order valence-corrected chi connectivity index (χ1v) is 4.34. The Morgan fingerprint density at radius 3 is 2.79 bits per heavy atom. The lowest BCUT2D eigenvalue weighted by Gasteiger charge is -2.01. The summed E-state index contributed by atoms with van der Waals surface area (Å²) in [5.74, 6) is 0.661. The average Bonchev–Trinajstić information content (AvgIpc) is 2.57. The highest BCUT2D eigenvalue weighted by Crippen LogP contribution is 2.24. The monoisotopic (exact) mass is 209 g/mol. The SMILES string of the molecule is Cn1nnnc1-c1ccc(Cl)c(N)c1. The number of rotatable bonds is 1. The zero-order valence-electron chi connectivity index (χ0n) is 7.48. The first-order valence-electron chi connectivity index (χ1n) is 3.96. The van der Waals surface area contributed by atoms with Crippen molar-refractivity contribution in [2.45, 2.75) is 0 Å². The highest BCUT2D eigenvalue weighted by atomic mass is 35.5. The summed E-state index contributed by atoms with van der Waals surface area (Å²) < 4.78 is 1.57. The number of aryl methyl sites for hydroxylation is 1. The zero-order chi connectivity index (χ0) is 10.1. The van der Waals surface area contributed by atoms with Gasteiger partial charge in [-0.3, -0.25) is 0 Å². The van der Waals surface area contributed by atoms with E-state index in [1.165, 1.54) is 0 Å². The normalized spacial score (nSPS) is 10.4. The number of tetrazole rings is 1. The molecular weight excluding hydrogens is 202 g/mol. The number of aromatic nitrogens is 4. The van der Waals surface area contributed by atoms with Crippen molar-refractivity contribution in [3.8, 4) is 11.4 Å². The number of hydrogen-bond acceptors (Lipinski definition) is 4. The number of nitrogens with two attached hydrogens (primary N) is 1. The predicted molar refractivity (Wildman–Crippen MR) is 53.7 cm³/mol. The molecular formula is C8H8ClN5. The van der Waals surface area contributed by atoms with Gasteiger partial charge in [-0.25, -0.2) is 4.68 Å². The van der Waals surface area contributed by atoms with E-state index in [4.69, 9.17) is 17.3 Å². The summed E-state index contributed by atoms with van der Waals surface area (Å²) >= 11 is 5.80. The highest BCUT2D eigenvalue weighted by Gasteiger charge is 2.06. The van der Waals surface area contributed by atoms with Gasteiger partial charge in [0, 0.05) is 12.6 Å². The van der Waals surface area contributed by atoms with Crippen LogP contribution >= 0.6 is 11.6 Å². The second-order valence-corrected chi connectivity index (χ2v) is 3.27. The fourth-order valence-corrected chi connectivity index (χ4v) is 1.27. The molecule has 1 aromatic heterocycles. The maximum atomic E-state index is 5.80. The molecule has 1 aromatic carbocycles. The molecule has 0 fully saturated rings. The molecule has 14 heavy (non-hydrogen) atoms. The van der Waals surface area contributed by atoms with Crippen LogP contribution in [-0.2, 0) is 7.05 Å². The van der Waals surface area contributed by atoms with E-state index in [0.717, 1.165) is 5.56 Å². The maximum Gasteiger partial charge on any atom is 0.181 e. The summed E-state index contributed by atoms with van der Waals surface area (Å²) in [7, 11) is 1.76. The second kappa shape index (κ2) is 3.26. The Kier molecular flexibility index (Phi) is 2.09. The third-order valence-corrected chi connectivity index (χ3v) is 2.22. The number of nitrogen functional groups attached to an aromatic ring is 1. The molecule has 0 saturated heterocycles. The van der Waals surface area contributed by atoms with Gasteiger partial charge in [-0.05, 0) is 28.6 Å². The molecule has 2 rings (SSSR count). The summed E-state index contributed by atoms with van der Waals surface area (Å²) in [4.78, 5) is 0. The van der Waals surface area contributed by atoms with Gasteiger partial charge in [-0.2, -0.15) is 0 Å². The van der Waals surface area contributed by atoms with Gasteiger partial charge >= 0.3 is 0 Å². The lowest BCUT2D eigenvalue weighted by molar-refractivity contribution is 0.715. The Morgan fingerprint density at radius 1 is 1.43 bits per heavy atom. The molecule has 0 atom stereocenters. The molecule has 0 radical (unpaired) electrons. The van der Waals surface area contributed by atoms with Crippen LogP contribution in [0.3, 0.4) is 0 Å². The van der Waals surface area contributed by atoms with E-state index in [2.05, 4.69) is 15.5 Å². The average molecular weight is 210 g/mol. The van der Waals surface area contributed by atoms with Crippen molar-refractivity contribution in [3.63, 3.8) is 0 Å². The molecule has 0 saturated carbocycles. The van der Waals surface area contributed by atoms with Crippen molar-refractivity contribution in [2.75, 3.05) is 5.73 Å². The molecule has 2 N–H and O–H groups in total. The van der Waals surface area contributed by atoms with Gasteiger partial charge < -0.3 is 5.73 Å². The Hall–Kier alpha value is -1.62. The van der Waals surface area contributed by atoms with Crippen LogP contribution in [0.25, 0.3) is 11.4 Å². The van der Waals surface area contributed by atoms with Crippen molar-refractivity contribution in [3.05, 3.63) is 23.2 Å². The first-order chi connectivity index (χ1) is 6.68. The largest absolute Gasteiger partial charge is 0.398 e. The van der Waals surface area contributed by atoms with Crippen LogP contribution in [0, 0.1) is 0 Å². The molecule has 6 heteroatoms. The number of halogens is 1. The maximum absolute atomic E-state index is 5.80. The van der Waals surface area contributed by atoms with E-state index in [-0.39, 0.29) is 0 Å². The predicted octanol–water partition coefficient (Wildman–Crippen LogP) is 1.11. The standard InChI is InChI=1S/C8H8ClN5/c1-14-8(11-12-13-14)5-2-3-6(9)7(10)4-5/h2-4H,10H2,1H3. The minimum Gasteiger partial charge on any atom is -0.398 e. The van der Waals surface area contributed by atoms with Crippen LogP contribution in [0.4, 0.5) is 5.69 Å². The van der Waals surface area contributed by atoms with Crippen molar-refractivity contribution in [2.24, 2.45) is 7.05 Å². The molecule has 0 aliphatic heterocycles. The van der Waals surface area contributed by atoms with E-state index in [1.807, 2.05) is 6.07 Å².